The fourth-order valence-electron chi connectivity index (χ4n) is 2.13. The predicted octanol–water partition coefficient (Wildman–Crippen LogP) is 1.71. The molecule has 1 unspecified atom stereocenters. The minimum absolute atomic E-state index is 0.0139. The first-order valence-electron chi connectivity index (χ1n) is 6.55. The molecule has 1 aliphatic carbocycles. The van der Waals surface area contributed by atoms with Crippen molar-refractivity contribution in [2.75, 3.05) is 17.7 Å². The number of anilines is 1. The van der Waals surface area contributed by atoms with E-state index in [0.717, 1.165) is 18.4 Å². The van der Waals surface area contributed by atoms with Crippen molar-refractivity contribution in [3.05, 3.63) is 0 Å². The van der Waals surface area contributed by atoms with Crippen molar-refractivity contribution in [2.45, 2.75) is 44.4 Å². The smallest absolute Gasteiger partial charge is 0.313 e. The lowest BCUT2D eigenvalue weighted by Crippen LogP contribution is -2.33. The van der Waals surface area contributed by atoms with Crippen LogP contribution in [0.1, 0.15) is 26.7 Å². The summed E-state index contributed by atoms with van der Waals surface area (Å²) in [6.45, 7) is 4.97. The molecule has 1 N–H and O–H groups in total. The molecule has 1 aromatic rings. The summed E-state index contributed by atoms with van der Waals surface area (Å²) in [6.07, 6.45) is 2.57. The third kappa shape index (κ3) is 3.20. The zero-order valence-electron chi connectivity index (χ0n) is 11.5. The molecule has 0 spiro atoms. The maximum absolute atomic E-state index is 10.6. The van der Waals surface area contributed by atoms with E-state index in [2.05, 4.69) is 22.0 Å². The molecule has 0 radical (unpaired) electrons. The maximum atomic E-state index is 10.6. The number of carboxylic acids is 1. The normalized spacial score (nSPS) is 16.4. The number of thioether (sulfide) groups is 1. The minimum Gasteiger partial charge on any atom is -0.481 e. The summed E-state index contributed by atoms with van der Waals surface area (Å²) in [6, 6.07) is 0.451. The lowest BCUT2D eigenvalue weighted by molar-refractivity contribution is -0.133. The summed E-state index contributed by atoms with van der Waals surface area (Å²) < 4.78 is 1.98. The van der Waals surface area contributed by atoms with E-state index in [1.807, 2.05) is 18.5 Å². The number of hydrogen-bond acceptors (Lipinski definition) is 5. The van der Waals surface area contributed by atoms with E-state index in [9.17, 15) is 4.79 Å². The zero-order chi connectivity index (χ0) is 14.0. The molecule has 1 aromatic heterocycles. The van der Waals surface area contributed by atoms with Crippen molar-refractivity contribution in [2.24, 2.45) is 5.92 Å². The molecule has 6 nitrogen and oxygen atoms in total. The minimum atomic E-state index is -0.836. The molecule has 0 amide bonds. The van der Waals surface area contributed by atoms with Crippen molar-refractivity contribution in [3.63, 3.8) is 0 Å². The van der Waals surface area contributed by atoms with Crippen LogP contribution in [0.2, 0.25) is 0 Å². The molecule has 19 heavy (non-hydrogen) atoms. The topological polar surface area (TPSA) is 71.2 Å². The highest BCUT2D eigenvalue weighted by Gasteiger charge is 2.32. The van der Waals surface area contributed by atoms with Crippen LogP contribution in [0.15, 0.2) is 5.16 Å². The Morgan fingerprint density at radius 2 is 2.26 bits per heavy atom. The molecule has 0 aromatic carbocycles. The molecule has 0 bridgehead atoms. The van der Waals surface area contributed by atoms with Crippen LogP contribution in [-0.4, -0.2) is 44.7 Å². The SMILES string of the molecule is CCn1c(SCC(=O)O)nnc1N(C)C(C)C1CC1. The number of nitrogens with zero attached hydrogens (tertiary/aromatic N) is 4. The Hall–Kier alpha value is -1.24. The highest BCUT2D eigenvalue weighted by atomic mass is 32.2. The van der Waals surface area contributed by atoms with Gasteiger partial charge in [0.15, 0.2) is 5.16 Å². The van der Waals surface area contributed by atoms with Crippen LogP contribution < -0.4 is 4.90 Å². The molecular formula is C12H20N4O2S. The molecule has 1 saturated carbocycles. The Labute approximate surface area is 117 Å². The van der Waals surface area contributed by atoms with Crippen LogP contribution in [0.3, 0.4) is 0 Å². The fourth-order valence-corrected chi connectivity index (χ4v) is 2.85. The van der Waals surface area contributed by atoms with Crippen molar-refractivity contribution in [1.29, 1.82) is 0 Å². The van der Waals surface area contributed by atoms with Crippen molar-refractivity contribution < 1.29 is 9.90 Å². The van der Waals surface area contributed by atoms with E-state index in [0.29, 0.717) is 11.2 Å². The van der Waals surface area contributed by atoms with Crippen molar-refractivity contribution in [1.82, 2.24) is 14.8 Å². The first-order valence-corrected chi connectivity index (χ1v) is 7.53. The van der Waals surface area contributed by atoms with Gasteiger partial charge in [-0.2, -0.15) is 0 Å². The number of carboxylic acid groups (broad SMARTS) is 1. The van der Waals surface area contributed by atoms with Gasteiger partial charge in [-0.15, -0.1) is 10.2 Å². The molecule has 1 heterocycles. The van der Waals surface area contributed by atoms with Crippen LogP contribution in [0.5, 0.6) is 0 Å². The van der Waals surface area contributed by atoms with Gasteiger partial charge in [0.05, 0.1) is 5.75 Å². The van der Waals surface area contributed by atoms with Gasteiger partial charge in [-0.05, 0) is 32.6 Å². The first kappa shape index (κ1) is 14.2. The molecule has 0 saturated heterocycles. The van der Waals surface area contributed by atoms with Gasteiger partial charge in [-0.3, -0.25) is 9.36 Å². The van der Waals surface area contributed by atoms with Crippen LogP contribution in [0.4, 0.5) is 5.95 Å². The zero-order valence-corrected chi connectivity index (χ0v) is 12.4. The van der Waals surface area contributed by atoms with Crippen LogP contribution >= 0.6 is 11.8 Å². The van der Waals surface area contributed by atoms with E-state index in [4.69, 9.17) is 5.11 Å². The Balaban J connectivity index is 2.13. The van der Waals surface area contributed by atoms with Gasteiger partial charge in [0, 0.05) is 19.6 Å². The van der Waals surface area contributed by atoms with Gasteiger partial charge in [0.25, 0.3) is 0 Å². The van der Waals surface area contributed by atoms with Gasteiger partial charge in [-0.1, -0.05) is 11.8 Å². The lowest BCUT2D eigenvalue weighted by atomic mass is 10.2. The molecule has 2 rings (SSSR count). The predicted molar refractivity (Wildman–Crippen MR) is 74.6 cm³/mol. The Morgan fingerprint density at radius 1 is 1.58 bits per heavy atom. The van der Waals surface area contributed by atoms with Crippen molar-refractivity contribution in [3.8, 4) is 0 Å². The molecule has 106 valence electrons. The largest absolute Gasteiger partial charge is 0.481 e. The van der Waals surface area contributed by atoms with Gasteiger partial charge < -0.3 is 10.0 Å². The average Bonchev–Trinajstić information content (AvgIpc) is 3.14. The first-order chi connectivity index (χ1) is 9.04. The Morgan fingerprint density at radius 3 is 2.79 bits per heavy atom. The average molecular weight is 284 g/mol. The van der Waals surface area contributed by atoms with E-state index >= 15 is 0 Å². The Kier molecular flexibility index (Phi) is 4.34. The maximum Gasteiger partial charge on any atom is 0.313 e. The third-order valence-electron chi connectivity index (χ3n) is 3.57. The summed E-state index contributed by atoms with van der Waals surface area (Å²) in [5.74, 6) is 0.758. The molecule has 7 heteroatoms. The Bertz CT molecular complexity index is 459. The van der Waals surface area contributed by atoms with E-state index < -0.39 is 5.97 Å². The second kappa shape index (κ2) is 5.81. The third-order valence-corrected chi connectivity index (χ3v) is 4.52. The molecule has 1 fully saturated rings. The van der Waals surface area contributed by atoms with Crippen LogP contribution in [0, 0.1) is 5.92 Å². The number of carbonyl (C=O) groups is 1. The summed E-state index contributed by atoms with van der Waals surface area (Å²) in [5.41, 5.74) is 0. The standard InChI is InChI=1S/C12H20N4O2S/c1-4-16-11(15(3)8(2)9-5-6-9)13-14-12(16)19-7-10(17)18/h8-9H,4-7H2,1-3H3,(H,17,18). The summed E-state index contributed by atoms with van der Waals surface area (Å²) in [4.78, 5) is 12.8. The molecule has 1 aliphatic rings. The van der Waals surface area contributed by atoms with E-state index in [-0.39, 0.29) is 5.75 Å². The van der Waals surface area contributed by atoms with Gasteiger partial charge in [0.1, 0.15) is 0 Å². The van der Waals surface area contributed by atoms with Gasteiger partial charge >= 0.3 is 5.97 Å². The highest BCUT2D eigenvalue weighted by Crippen LogP contribution is 2.36. The molecular weight excluding hydrogens is 264 g/mol. The summed E-state index contributed by atoms with van der Waals surface area (Å²) in [5, 5.41) is 17.7. The van der Waals surface area contributed by atoms with E-state index in [1.54, 1.807) is 0 Å². The number of aromatic nitrogens is 3. The fraction of sp³-hybridized carbons (Fsp3) is 0.750. The molecule has 1 atom stereocenters. The number of rotatable bonds is 7. The van der Waals surface area contributed by atoms with Gasteiger partial charge in [0.2, 0.25) is 5.95 Å². The second-order valence-electron chi connectivity index (χ2n) is 4.90. The number of hydrogen-bond donors (Lipinski definition) is 1. The quantitative estimate of drug-likeness (QED) is 0.769. The number of aliphatic carboxylic acids is 1. The monoisotopic (exact) mass is 284 g/mol. The highest BCUT2D eigenvalue weighted by molar-refractivity contribution is 7.99. The summed E-state index contributed by atoms with van der Waals surface area (Å²) in [7, 11) is 2.03. The van der Waals surface area contributed by atoms with Crippen LogP contribution in [0.25, 0.3) is 0 Å². The van der Waals surface area contributed by atoms with Crippen molar-refractivity contribution >= 4 is 23.7 Å². The second-order valence-corrected chi connectivity index (χ2v) is 5.84. The lowest BCUT2D eigenvalue weighted by Gasteiger charge is -2.25. The summed E-state index contributed by atoms with van der Waals surface area (Å²) >= 11 is 1.22. The van der Waals surface area contributed by atoms with Gasteiger partial charge in [-0.25, -0.2) is 0 Å². The van der Waals surface area contributed by atoms with E-state index in [1.165, 1.54) is 24.6 Å². The molecule has 0 aliphatic heterocycles. The van der Waals surface area contributed by atoms with Crippen LogP contribution in [-0.2, 0) is 11.3 Å².